The second-order valence-electron chi connectivity index (χ2n) is 5.35. The molecule has 0 aliphatic heterocycles. The Morgan fingerprint density at radius 2 is 1.96 bits per heavy atom. The predicted molar refractivity (Wildman–Crippen MR) is 81.9 cm³/mol. The van der Waals surface area contributed by atoms with Gasteiger partial charge in [0.25, 0.3) is 0 Å². The van der Waals surface area contributed by atoms with Crippen LogP contribution in [0.15, 0.2) is 35.5 Å². The van der Waals surface area contributed by atoms with Crippen molar-refractivity contribution in [1.29, 1.82) is 0 Å². The van der Waals surface area contributed by atoms with Gasteiger partial charge in [-0.3, -0.25) is 0 Å². The van der Waals surface area contributed by atoms with Gasteiger partial charge < -0.3 is 4.74 Å². The smallest absolute Gasteiger partial charge is 0.240 e. The van der Waals surface area contributed by atoms with Crippen LogP contribution in [-0.2, 0) is 16.6 Å². The molecule has 9 heteroatoms. The maximum Gasteiger partial charge on any atom is 0.240 e. The number of nitrogens with zero attached hydrogens (tertiary/aromatic N) is 3. The minimum absolute atomic E-state index is 0.00105. The summed E-state index contributed by atoms with van der Waals surface area (Å²) in [5.74, 6) is -0.741. The summed E-state index contributed by atoms with van der Waals surface area (Å²) in [6.07, 6.45) is 3.04. The minimum atomic E-state index is -3.87. The average Bonchev–Trinajstić information content (AvgIpc) is 2.99. The van der Waals surface area contributed by atoms with Crippen LogP contribution in [0.1, 0.15) is 13.8 Å². The van der Waals surface area contributed by atoms with E-state index in [0.29, 0.717) is 0 Å². The molecule has 1 aromatic carbocycles. The fourth-order valence-electron chi connectivity index (χ4n) is 1.98. The number of ether oxygens (including phenoxy) is 1. The fraction of sp³-hybridized carbons (Fsp3) is 0.429. The fourth-order valence-corrected chi connectivity index (χ4v) is 3.37. The van der Waals surface area contributed by atoms with E-state index in [9.17, 15) is 12.8 Å². The molecule has 0 aliphatic rings. The van der Waals surface area contributed by atoms with Gasteiger partial charge in [-0.1, -0.05) is 13.8 Å². The van der Waals surface area contributed by atoms with E-state index in [-0.39, 0.29) is 23.1 Å². The van der Waals surface area contributed by atoms with Crippen LogP contribution in [0.2, 0.25) is 0 Å². The summed E-state index contributed by atoms with van der Waals surface area (Å²) in [5, 5.41) is 7.94. The quantitative estimate of drug-likeness (QED) is 0.823. The Labute approximate surface area is 134 Å². The molecule has 1 heterocycles. The highest BCUT2D eigenvalue weighted by atomic mass is 32.2. The van der Waals surface area contributed by atoms with Gasteiger partial charge in [0.1, 0.15) is 0 Å². The van der Waals surface area contributed by atoms with Gasteiger partial charge in [0.2, 0.25) is 10.0 Å². The van der Waals surface area contributed by atoms with Crippen molar-refractivity contribution in [3.05, 3.63) is 36.4 Å². The van der Waals surface area contributed by atoms with Crippen molar-refractivity contribution >= 4 is 10.0 Å². The summed E-state index contributed by atoms with van der Waals surface area (Å²) >= 11 is 0. The van der Waals surface area contributed by atoms with Gasteiger partial charge in [-0.05, 0) is 24.1 Å². The summed E-state index contributed by atoms with van der Waals surface area (Å²) in [5.41, 5.74) is 0. The van der Waals surface area contributed by atoms with E-state index in [2.05, 4.69) is 14.9 Å². The molecular formula is C14H19FN4O3S. The molecule has 0 bridgehead atoms. The van der Waals surface area contributed by atoms with E-state index < -0.39 is 21.9 Å². The second-order valence-corrected chi connectivity index (χ2v) is 7.07. The number of benzene rings is 1. The Kier molecular flexibility index (Phi) is 5.32. The molecule has 1 aromatic heterocycles. The van der Waals surface area contributed by atoms with Gasteiger partial charge >= 0.3 is 0 Å². The number of halogens is 1. The number of sulfonamides is 1. The zero-order valence-corrected chi connectivity index (χ0v) is 13.9. The Hall–Kier alpha value is -2.00. The van der Waals surface area contributed by atoms with E-state index in [0.717, 1.165) is 6.07 Å². The van der Waals surface area contributed by atoms with Crippen molar-refractivity contribution in [2.24, 2.45) is 5.92 Å². The molecule has 0 fully saturated rings. The lowest BCUT2D eigenvalue weighted by atomic mass is 10.1. The Bertz CT molecular complexity index is 747. The van der Waals surface area contributed by atoms with Crippen LogP contribution < -0.4 is 9.46 Å². The summed E-state index contributed by atoms with van der Waals surface area (Å²) in [4.78, 5) is 1.25. The van der Waals surface area contributed by atoms with Gasteiger partial charge in [-0.15, -0.1) is 0 Å². The first-order chi connectivity index (χ1) is 10.8. The van der Waals surface area contributed by atoms with Crippen LogP contribution in [-0.4, -0.2) is 36.6 Å². The van der Waals surface area contributed by atoms with Gasteiger partial charge in [-0.25, -0.2) is 17.5 Å². The van der Waals surface area contributed by atoms with Crippen LogP contribution in [0, 0.1) is 11.7 Å². The Balaban J connectivity index is 2.22. The summed E-state index contributed by atoms with van der Waals surface area (Å²) < 4.78 is 46.0. The molecule has 0 saturated heterocycles. The van der Waals surface area contributed by atoms with Gasteiger partial charge in [0.15, 0.2) is 11.6 Å². The number of methoxy groups -OCH3 is 1. The lowest BCUT2D eigenvalue weighted by Gasteiger charge is -2.21. The van der Waals surface area contributed by atoms with Crippen LogP contribution in [0.4, 0.5) is 4.39 Å². The summed E-state index contributed by atoms with van der Waals surface area (Å²) in [7, 11) is -2.55. The topological polar surface area (TPSA) is 86.1 Å². The maximum atomic E-state index is 13.7. The van der Waals surface area contributed by atoms with Crippen molar-refractivity contribution in [2.75, 3.05) is 7.11 Å². The molecule has 0 spiro atoms. The molecule has 0 radical (unpaired) electrons. The highest BCUT2D eigenvalue weighted by Crippen LogP contribution is 2.21. The molecule has 0 saturated carbocycles. The zero-order chi connectivity index (χ0) is 17.0. The van der Waals surface area contributed by atoms with E-state index in [1.54, 1.807) is 0 Å². The monoisotopic (exact) mass is 342 g/mol. The van der Waals surface area contributed by atoms with Crippen LogP contribution >= 0.6 is 0 Å². The molecule has 1 N–H and O–H groups in total. The molecule has 2 aromatic rings. The molecule has 1 atom stereocenters. The third-order valence-electron chi connectivity index (χ3n) is 3.37. The first kappa shape index (κ1) is 17.4. The van der Waals surface area contributed by atoms with Gasteiger partial charge in [-0.2, -0.15) is 15.0 Å². The summed E-state index contributed by atoms with van der Waals surface area (Å²) in [6, 6.07) is 3.08. The van der Waals surface area contributed by atoms with E-state index in [4.69, 9.17) is 4.74 Å². The van der Waals surface area contributed by atoms with E-state index >= 15 is 0 Å². The lowest BCUT2D eigenvalue weighted by molar-refractivity contribution is 0.361. The predicted octanol–water partition coefficient (Wildman–Crippen LogP) is 1.43. The van der Waals surface area contributed by atoms with Crippen LogP contribution in [0.3, 0.4) is 0 Å². The molecule has 7 nitrogen and oxygen atoms in total. The first-order valence-corrected chi connectivity index (χ1v) is 8.52. The van der Waals surface area contributed by atoms with Gasteiger partial charge in [0.05, 0.1) is 30.9 Å². The third kappa shape index (κ3) is 4.26. The highest BCUT2D eigenvalue weighted by Gasteiger charge is 2.24. The van der Waals surface area contributed by atoms with Crippen molar-refractivity contribution in [3.63, 3.8) is 0 Å². The zero-order valence-electron chi connectivity index (χ0n) is 13.1. The SMILES string of the molecule is COc1ccc(S(=O)(=O)NC(Cn2nccn2)C(C)C)cc1F. The summed E-state index contributed by atoms with van der Waals surface area (Å²) in [6.45, 7) is 4.04. The standard InChI is InChI=1S/C14H19FN4O3S/c1-10(2)13(9-19-16-6-7-17-19)18-23(20,21)11-4-5-14(22-3)12(15)8-11/h4-8,10,13,18H,9H2,1-3H3. The third-order valence-corrected chi connectivity index (χ3v) is 4.86. The van der Waals surface area contributed by atoms with Gasteiger partial charge in [0, 0.05) is 6.04 Å². The average molecular weight is 342 g/mol. The normalized spacial score (nSPS) is 13.3. The van der Waals surface area contributed by atoms with Crippen LogP contribution in [0.25, 0.3) is 0 Å². The number of aromatic nitrogens is 3. The second kappa shape index (κ2) is 7.05. The number of hydrogen-bond donors (Lipinski definition) is 1. The highest BCUT2D eigenvalue weighted by molar-refractivity contribution is 7.89. The van der Waals surface area contributed by atoms with Crippen molar-refractivity contribution in [3.8, 4) is 5.75 Å². The van der Waals surface area contributed by atoms with E-state index in [1.165, 1.54) is 36.4 Å². The molecule has 1 unspecified atom stereocenters. The van der Waals surface area contributed by atoms with Crippen molar-refractivity contribution in [1.82, 2.24) is 19.7 Å². The Morgan fingerprint density at radius 1 is 1.30 bits per heavy atom. The molecular weight excluding hydrogens is 323 g/mol. The Morgan fingerprint density at radius 3 is 2.48 bits per heavy atom. The first-order valence-electron chi connectivity index (χ1n) is 7.03. The van der Waals surface area contributed by atoms with Crippen LogP contribution in [0.5, 0.6) is 5.75 Å². The van der Waals surface area contributed by atoms with Crippen molar-refractivity contribution in [2.45, 2.75) is 31.3 Å². The number of hydrogen-bond acceptors (Lipinski definition) is 5. The number of rotatable bonds is 7. The largest absolute Gasteiger partial charge is 0.494 e. The molecule has 0 amide bonds. The minimum Gasteiger partial charge on any atom is -0.494 e. The number of nitrogens with one attached hydrogen (secondary N) is 1. The molecule has 2 rings (SSSR count). The van der Waals surface area contributed by atoms with E-state index in [1.807, 2.05) is 13.8 Å². The molecule has 0 aliphatic carbocycles. The molecule has 126 valence electrons. The van der Waals surface area contributed by atoms with Crippen molar-refractivity contribution < 1.29 is 17.5 Å². The molecule has 23 heavy (non-hydrogen) atoms. The lowest BCUT2D eigenvalue weighted by Crippen LogP contribution is -2.41. The maximum absolute atomic E-state index is 13.7.